The van der Waals surface area contributed by atoms with Crippen molar-refractivity contribution in [3.63, 3.8) is 0 Å². The van der Waals surface area contributed by atoms with E-state index in [2.05, 4.69) is 20.8 Å². The smallest absolute Gasteiger partial charge is 0.258 e. The predicted octanol–water partition coefficient (Wildman–Crippen LogP) is 7.46. The van der Waals surface area contributed by atoms with Crippen molar-refractivity contribution >= 4 is 39.3 Å². The van der Waals surface area contributed by atoms with Gasteiger partial charge >= 0.3 is 0 Å². The molecule has 3 aromatic carbocycles. The second kappa shape index (κ2) is 13.0. The molecular weight excluding hydrogens is 625 g/mol. The maximum atomic E-state index is 14.6. The fourth-order valence-electron chi connectivity index (χ4n) is 5.03. The van der Waals surface area contributed by atoms with Gasteiger partial charge in [-0.3, -0.25) is 4.79 Å². The largest absolute Gasteiger partial charge is 0.497 e. The molecule has 218 valence electrons. The maximum absolute atomic E-state index is 14.6. The predicted molar refractivity (Wildman–Crippen MR) is 164 cm³/mol. The maximum Gasteiger partial charge on any atom is 0.258 e. The first kappa shape index (κ1) is 29.7. The number of hydrogen-bond donors (Lipinski definition) is 0. The van der Waals surface area contributed by atoms with Gasteiger partial charge in [-0.05, 0) is 70.4 Å². The minimum atomic E-state index is -0.627. The van der Waals surface area contributed by atoms with E-state index >= 15 is 0 Å². The van der Waals surface area contributed by atoms with E-state index < -0.39 is 11.9 Å². The number of anilines is 1. The molecule has 0 spiro atoms. The lowest BCUT2D eigenvalue weighted by atomic mass is 10.0. The third kappa shape index (κ3) is 6.17. The Labute approximate surface area is 257 Å². The minimum Gasteiger partial charge on any atom is -0.497 e. The molecule has 1 unspecified atom stereocenters. The van der Waals surface area contributed by atoms with Gasteiger partial charge in [-0.2, -0.15) is 0 Å². The van der Waals surface area contributed by atoms with Crippen LogP contribution in [0, 0.1) is 5.82 Å². The van der Waals surface area contributed by atoms with Crippen molar-refractivity contribution < 1.29 is 23.4 Å². The van der Waals surface area contributed by atoms with Crippen molar-refractivity contribution in [2.75, 3.05) is 32.3 Å². The number of halogens is 3. The van der Waals surface area contributed by atoms with Gasteiger partial charge in [-0.15, -0.1) is 0 Å². The van der Waals surface area contributed by atoms with Crippen LogP contribution in [-0.2, 0) is 13.1 Å². The number of hydrogen-bond acceptors (Lipinski definition) is 6. The zero-order valence-corrected chi connectivity index (χ0v) is 25.8. The summed E-state index contributed by atoms with van der Waals surface area (Å²) in [6.07, 6.45) is 1.75. The Hall–Kier alpha value is -3.82. The van der Waals surface area contributed by atoms with Crippen LogP contribution in [0.25, 0.3) is 0 Å². The number of rotatable bonds is 9. The van der Waals surface area contributed by atoms with E-state index in [9.17, 15) is 9.18 Å². The van der Waals surface area contributed by atoms with E-state index in [-0.39, 0.29) is 39.9 Å². The van der Waals surface area contributed by atoms with Crippen LogP contribution in [0.1, 0.15) is 40.0 Å². The number of methoxy groups -OCH3 is 2. The van der Waals surface area contributed by atoms with Crippen molar-refractivity contribution in [1.82, 2.24) is 9.88 Å². The Morgan fingerprint density at radius 3 is 2.21 bits per heavy atom. The molecule has 1 aliphatic rings. The van der Waals surface area contributed by atoms with E-state index in [1.54, 1.807) is 25.3 Å². The standard InChI is InChI=1S/C32H30BrClFN3O4/c1-20(38-15-16-42-30-26(32(38)39)17-27(35)28(33)29(30)34)25-5-4-14-36-31(25)37(18-21-6-10-23(40-2)11-7-21)19-22-8-12-24(41-3)13-9-22/h4-14,17,20H,15-16,18-19H2,1-3H3. The van der Waals surface area contributed by atoms with E-state index in [1.807, 2.05) is 67.6 Å². The van der Waals surface area contributed by atoms with Crippen molar-refractivity contribution in [2.24, 2.45) is 0 Å². The summed E-state index contributed by atoms with van der Waals surface area (Å²) in [5, 5.41) is 0.0417. The van der Waals surface area contributed by atoms with Crippen LogP contribution in [0.15, 0.2) is 77.4 Å². The first-order valence-electron chi connectivity index (χ1n) is 13.4. The van der Waals surface area contributed by atoms with Crippen LogP contribution in [0.4, 0.5) is 10.2 Å². The monoisotopic (exact) mass is 653 g/mol. The van der Waals surface area contributed by atoms with Crippen molar-refractivity contribution in [1.29, 1.82) is 0 Å². The van der Waals surface area contributed by atoms with Crippen LogP contribution >= 0.6 is 27.5 Å². The summed E-state index contributed by atoms with van der Waals surface area (Å²) < 4.78 is 31.2. The lowest BCUT2D eigenvalue weighted by molar-refractivity contribution is 0.0688. The molecule has 2 heterocycles. The molecule has 0 saturated heterocycles. The highest BCUT2D eigenvalue weighted by Crippen LogP contribution is 2.41. The second-order valence-electron chi connectivity index (χ2n) is 9.85. The topological polar surface area (TPSA) is 64.1 Å². The Morgan fingerprint density at radius 1 is 1.05 bits per heavy atom. The summed E-state index contributed by atoms with van der Waals surface area (Å²) in [5.41, 5.74) is 3.07. The molecule has 1 aliphatic heterocycles. The summed E-state index contributed by atoms with van der Waals surface area (Å²) in [6, 6.07) is 20.4. The number of ether oxygens (including phenoxy) is 3. The van der Waals surface area contributed by atoms with E-state index in [0.717, 1.165) is 34.0 Å². The lowest BCUT2D eigenvalue weighted by Crippen LogP contribution is -2.36. The number of amides is 1. The molecule has 1 aromatic heterocycles. The highest BCUT2D eigenvalue weighted by molar-refractivity contribution is 9.10. The fourth-order valence-corrected chi connectivity index (χ4v) is 5.57. The minimum absolute atomic E-state index is 0.0417. The summed E-state index contributed by atoms with van der Waals surface area (Å²) in [4.78, 5) is 22.5. The van der Waals surface area contributed by atoms with Gasteiger partial charge in [0.15, 0.2) is 5.75 Å². The summed E-state index contributed by atoms with van der Waals surface area (Å²) >= 11 is 9.48. The summed E-state index contributed by atoms with van der Waals surface area (Å²) in [7, 11) is 3.28. The molecule has 7 nitrogen and oxygen atoms in total. The van der Waals surface area contributed by atoms with Crippen LogP contribution in [0.5, 0.6) is 17.2 Å². The number of nitrogens with zero attached hydrogens (tertiary/aromatic N) is 3. The fraction of sp³-hybridized carbons (Fsp3) is 0.250. The number of aromatic nitrogens is 1. The average molecular weight is 655 g/mol. The molecule has 5 rings (SSSR count). The normalized spacial score (nSPS) is 13.6. The summed E-state index contributed by atoms with van der Waals surface area (Å²) in [6.45, 7) is 3.55. The molecule has 10 heteroatoms. The molecule has 0 N–H and O–H groups in total. The van der Waals surface area contributed by atoms with Crippen molar-refractivity contribution in [3.8, 4) is 17.2 Å². The van der Waals surface area contributed by atoms with Gasteiger partial charge in [0.25, 0.3) is 5.91 Å². The van der Waals surface area contributed by atoms with Crippen LogP contribution < -0.4 is 19.1 Å². The molecule has 0 bridgehead atoms. The summed E-state index contributed by atoms with van der Waals surface area (Å²) in [5.74, 6) is 1.47. The quantitative estimate of drug-likeness (QED) is 0.175. The SMILES string of the molecule is COc1ccc(CN(Cc2ccc(OC)cc2)c2ncccc2C(C)N2CCOc3c(cc(F)c(Br)c3Cl)C2=O)cc1. The lowest BCUT2D eigenvalue weighted by Gasteiger charge is -2.32. The van der Waals surface area contributed by atoms with Gasteiger partial charge < -0.3 is 24.0 Å². The van der Waals surface area contributed by atoms with E-state index in [4.69, 9.17) is 30.8 Å². The molecular formula is C32H30BrClFN3O4. The highest BCUT2D eigenvalue weighted by Gasteiger charge is 2.33. The molecule has 0 radical (unpaired) electrons. The third-order valence-electron chi connectivity index (χ3n) is 7.29. The second-order valence-corrected chi connectivity index (χ2v) is 11.0. The first-order chi connectivity index (χ1) is 20.3. The average Bonchev–Trinajstić information content (AvgIpc) is 3.18. The molecule has 0 fully saturated rings. The van der Waals surface area contributed by atoms with Gasteiger partial charge in [-0.1, -0.05) is 41.9 Å². The number of fused-ring (bicyclic) bond motifs is 1. The Morgan fingerprint density at radius 2 is 1.64 bits per heavy atom. The molecule has 4 aromatic rings. The van der Waals surface area contributed by atoms with Gasteiger partial charge in [0.2, 0.25) is 0 Å². The van der Waals surface area contributed by atoms with Gasteiger partial charge in [-0.25, -0.2) is 9.37 Å². The molecule has 0 saturated carbocycles. The number of benzene rings is 3. The Balaban J connectivity index is 1.51. The highest BCUT2D eigenvalue weighted by atomic mass is 79.9. The molecule has 1 amide bonds. The molecule has 42 heavy (non-hydrogen) atoms. The number of carbonyl (C=O) groups is 1. The van der Waals surface area contributed by atoms with E-state index in [0.29, 0.717) is 13.1 Å². The van der Waals surface area contributed by atoms with Gasteiger partial charge in [0, 0.05) is 24.8 Å². The third-order valence-corrected chi connectivity index (χ3v) is 8.65. The van der Waals surface area contributed by atoms with Crippen LogP contribution in [-0.4, -0.2) is 43.2 Å². The van der Waals surface area contributed by atoms with Crippen molar-refractivity contribution in [2.45, 2.75) is 26.1 Å². The van der Waals surface area contributed by atoms with E-state index in [1.165, 1.54) is 6.07 Å². The van der Waals surface area contributed by atoms with Crippen molar-refractivity contribution in [3.05, 3.63) is 110 Å². The number of pyridine rings is 1. The first-order valence-corrected chi connectivity index (χ1v) is 14.5. The Bertz CT molecular complexity index is 1520. The Kier molecular flexibility index (Phi) is 9.18. The zero-order chi connectivity index (χ0) is 29.8. The van der Waals surface area contributed by atoms with Crippen LogP contribution in [0.2, 0.25) is 5.02 Å². The van der Waals surface area contributed by atoms with Gasteiger partial charge in [0.1, 0.15) is 34.8 Å². The molecule has 0 aliphatic carbocycles. The molecule has 1 atom stereocenters. The zero-order valence-electron chi connectivity index (χ0n) is 23.4. The van der Waals surface area contributed by atoms with Gasteiger partial charge in [0.05, 0.1) is 36.8 Å². The number of carbonyl (C=O) groups excluding carboxylic acids is 1. The van der Waals surface area contributed by atoms with Crippen LogP contribution in [0.3, 0.4) is 0 Å².